The van der Waals surface area contributed by atoms with Gasteiger partial charge in [-0.1, -0.05) is 42.5 Å². The van der Waals surface area contributed by atoms with Gasteiger partial charge in [-0.25, -0.2) is 9.37 Å². The summed E-state index contributed by atoms with van der Waals surface area (Å²) >= 11 is 1.73. The molecular weight excluding hydrogens is 435 g/mol. The molecule has 7 heteroatoms. The van der Waals surface area contributed by atoms with Gasteiger partial charge in [-0.05, 0) is 37.1 Å². The first-order valence-corrected chi connectivity index (χ1v) is 11.9. The number of carbonyl (C=O) groups excluding carboxylic acids is 1. The lowest BCUT2D eigenvalue weighted by atomic mass is 10.1. The van der Waals surface area contributed by atoms with Crippen LogP contribution in [0.1, 0.15) is 21.1 Å². The number of hydrogen-bond acceptors (Lipinski definition) is 4. The van der Waals surface area contributed by atoms with Crippen molar-refractivity contribution in [1.29, 1.82) is 0 Å². The van der Waals surface area contributed by atoms with E-state index in [0.717, 1.165) is 34.8 Å². The predicted molar refractivity (Wildman–Crippen MR) is 129 cm³/mol. The largest absolute Gasteiger partial charge is 0.340 e. The van der Waals surface area contributed by atoms with Crippen molar-refractivity contribution in [3.8, 4) is 22.5 Å². The number of fused-ring (bicyclic) bond motifs is 1. The number of amides is 1. The monoisotopic (exact) mass is 460 g/mol. The van der Waals surface area contributed by atoms with Crippen molar-refractivity contribution in [3.05, 3.63) is 81.6 Å². The lowest BCUT2D eigenvalue weighted by molar-refractivity contribution is -0.131. The van der Waals surface area contributed by atoms with Crippen LogP contribution in [0, 0.1) is 19.7 Å². The summed E-state index contributed by atoms with van der Waals surface area (Å²) in [5, 5.41) is 5.81. The number of aromatic nitrogens is 3. The van der Waals surface area contributed by atoms with Gasteiger partial charge in [0.15, 0.2) is 0 Å². The molecule has 1 amide bonds. The molecule has 168 valence electrons. The molecule has 5 nitrogen and oxygen atoms in total. The number of benzene rings is 2. The van der Waals surface area contributed by atoms with Crippen LogP contribution in [0.15, 0.2) is 54.6 Å². The molecule has 0 saturated carbocycles. The molecule has 0 unspecified atom stereocenters. The summed E-state index contributed by atoms with van der Waals surface area (Å²) in [4.78, 5) is 21.1. The van der Waals surface area contributed by atoms with Gasteiger partial charge in [0.1, 0.15) is 12.4 Å². The topological polar surface area (TPSA) is 51.0 Å². The highest BCUT2D eigenvalue weighted by molar-refractivity contribution is 7.11. The zero-order valence-electron chi connectivity index (χ0n) is 18.7. The fourth-order valence-electron chi connectivity index (χ4n) is 4.24. The highest BCUT2D eigenvalue weighted by Gasteiger charge is 2.23. The lowest BCUT2D eigenvalue weighted by Crippen LogP contribution is -2.36. The molecule has 0 N–H and O–H groups in total. The molecule has 1 aliphatic heterocycles. The molecule has 0 saturated heterocycles. The molecule has 0 radical (unpaired) electrons. The van der Waals surface area contributed by atoms with E-state index in [-0.39, 0.29) is 18.3 Å². The second-order valence-corrected chi connectivity index (χ2v) is 9.67. The molecule has 4 aromatic rings. The number of nitrogens with zero attached hydrogens (tertiary/aromatic N) is 4. The second kappa shape index (κ2) is 8.90. The number of rotatable bonds is 4. The van der Waals surface area contributed by atoms with E-state index >= 15 is 0 Å². The molecule has 2 aromatic carbocycles. The predicted octanol–water partition coefficient (Wildman–Crippen LogP) is 5.06. The fourth-order valence-corrected chi connectivity index (χ4v) is 5.21. The normalized spacial score (nSPS) is 13.6. The maximum atomic E-state index is 14.2. The van der Waals surface area contributed by atoms with Gasteiger partial charge in [-0.15, -0.1) is 11.3 Å². The number of carbonyl (C=O) groups is 1. The molecule has 1 aliphatic rings. The molecule has 0 aliphatic carbocycles. The van der Waals surface area contributed by atoms with Crippen LogP contribution in [0.25, 0.3) is 22.5 Å². The average molecular weight is 461 g/mol. The van der Waals surface area contributed by atoms with Crippen LogP contribution in [0.5, 0.6) is 0 Å². The molecule has 3 heterocycles. The number of aryl methyl sites for hydroxylation is 2. The summed E-state index contributed by atoms with van der Waals surface area (Å²) in [6.07, 6.45) is 1.62. The van der Waals surface area contributed by atoms with Crippen molar-refractivity contribution < 1.29 is 9.18 Å². The Morgan fingerprint density at radius 2 is 1.82 bits per heavy atom. The molecule has 2 aromatic heterocycles. The third-order valence-electron chi connectivity index (χ3n) is 6.07. The molecule has 0 bridgehead atoms. The Labute approximate surface area is 196 Å². The van der Waals surface area contributed by atoms with Crippen molar-refractivity contribution in [2.75, 3.05) is 13.1 Å². The lowest BCUT2D eigenvalue weighted by Gasteiger charge is -2.20. The van der Waals surface area contributed by atoms with Crippen LogP contribution < -0.4 is 0 Å². The highest BCUT2D eigenvalue weighted by Crippen LogP contribution is 2.28. The highest BCUT2D eigenvalue weighted by atomic mass is 32.1. The molecule has 0 atom stereocenters. The molecular formula is C26H25FN4OS. The first-order chi connectivity index (χ1) is 16.0. The summed E-state index contributed by atoms with van der Waals surface area (Å²) in [6.45, 7) is 5.25. The first-order valence-electron chi connectivity index (χ1n) is 11.1. The zero-order chi connectivity index (χ0) is 22.9. The molecule has 0 spiro atoms. The summed E-state index contributed by atoms with van der Waals surface area (Å²) < 4.78 is 15.9. The fraction of sp³-hybridized carbons (Fsp3) is 0.269. The third-order valence-corrected chi connectivity index (χ3v) is 7.14. The summed E-state index contributed by atoms with van der Waals surface area (Å²) in [7, 11) is 0. The SMILES string of the molecule is Cc1nc2c(s1)CCN(C(=O)Cn1nc(-c3ccc(C)c(F)c3)cc1-c1ccccc1)CC2. The minimum Gasteiger partial charge on any atom is -0.340 e. The Balaban J connectivity index is 1.42. The maximum Gasteiger partial charge on any atom is 0.244 e. The van der Waals surface area contributed by atoms with E-state index in [2.05, 4.69) is 4.98 Å². The van der Waals surface area contributed by atoms with Gasteiger partial charge in [-0.3, -0.25) is 9.48 Å². The van der Waals surface area contributed by atoms with E-state index < -0.39 is 0 Å². The van der Waals surface area contributed by atoms with Gasteiger partial charge in [0.05, 0.1) is 22.1 Å². The Bertz CT molecular complexity index is 1290. The van der Waals surface area contributed by atoms with E-state index in [1.807, 2.05) is 54.3 Å². The molecule has 33 heavy (non-hydrogen) atoms. The van der Waals surface area contributed by atoms with Gasteiger partial charge in [0.2, 0.25) is 5.91 Å². The molecule has 0 fully saturated rings. The Morgan fingerprint density at radius 3 is 2.61 bits per heavy atom. The third kappa shape index (κ3) is 4.46. The summed E-state index contributed by atoms with van der Waals surface area (Å²) in [5.74, 6) is -0.232. The van der Waals surface area contributed by atoms with Crippen LogP contribution in [0.2, 0.25) is 0 Å². The van der Waals surface area contributed by atoms with Gasteiger partial charge >= 0.3 is 0 Å². The van der Waals surface area contributed by atoms with Crippen LogP contribution >= 0.6 is 11.3 Å². The van der Waals surface area contributed by atoms with Gasteiger partial charge < -0.3 is 4.90 Å². The minimum absolute atomic E-state index is 0.0313. The van der Waals surface area contributed by atoms with Crippen molar-refractivity contribution in [2.24, 2.45) is 0 Å². The Morgan fingerprint density at radius 1 is 1.03 bits per heavy atom. The maximum absolute atomic E-state index is 14.2. The van der Waals surface area contributed by atoms with Gasteiger partial charge in [0, 0.05) is 36.4 Å². The van der Waals surface area contributed by atoms with E-state index in [4.69, 9.17) is 5.10 Å². The standard InChI is InChI=1S/C26H25FN4OS/c1-17-8-9-20(14-21(17)27)23-15-24(19-6-4-3-5-7-19)31(29-23)16-26(32)30-12-10-22-25(11-13-30)33-18(2)28-22/h3-9,14-15H,10-13,16H2,1-2H3. The molecule has 5 rings (SSSR count). The van der Waals surface area contributed by atoms with Crippen LogP contribution in [-0.2, 0) is 24.2 Å². The zero-order valence-corrected chi connectivity index (χ0v) is 19.5. The van der Waals surface area contributed by atoms with Gasteiger partial charge in [0.25, 0.3) is 0 Å². The van der Waals surface area contributed by atoms with Crippen LogP contribution in [0.4, 0.5) is 4.39 Å². The van der Waals surface area contributed by atoms with Crippen molar-refractivity contribution in [2.45, 2.75) is 33.2 Å². The summed E-state index contributed by atoms with van der Waals surface area (Å²) in [5.41, 5.74) is 4.87. The number of halogens is 1. The first kappa shape index (κ1) is 21.5. The smallest absolute Gasteiger partial charge is 0.244 e. The minimum atomic E-state index is -0.264. The average Bonchev–Trinajstić information content (AvgIpc) is 3.33. The van der Waals surface area contributed by atoms with E-state index in [9.17, 15) is 9.18 Å². The Hall–Kier alpha value is -3.32. The van der Waals surface area contributed by atoms with Gasteiger partial charge in [-0.2, -0.15) is 5.10 Å². The second-order valence-electron chi connectivity index (χ2n) is 8.39. The summed E-state index contributed by atoms with van der Waals surface area (Å²) in [6, 6.07) is 16.9. The number of hydrogen-bond donors (Lipinski definition) is 0. The van der Waals surface area contributed by atoms with Crippen molar-refractivity contribution >= 4 is 17.2 Å². The van der Waals surface area contributed by atoms with E-state index in [0.29, 0.717) is 29.9 Å². The Kier molecular flexibility index (Phi) is 5.81. The van der Waals surface area contributed by atoms with E-state index in [1.54, 1.807) is 29.0 Å². The van der Waals surface area contributed by atoms with Crippen LogP contribution in [-0.4, -0.2) is 38.7 Å². The quantitative estimate of drug-likeness (QED) is 0.428. The number of thiazole rings is 1. The van der Waals surface area contributed by atoms with Crippen LogP contribution in [0.3, 0.4) is 0 Å². The van der Waals surface area contributed by atoms with Crippen molar-refractivity contribution in [3.63, 3.8) is 0 Å². The van der Waals surface area contributed by atoms with E-state index in [1.165, 1.54) is 10.9 Å². The van der Waals surface area contributed by atoms with Crippen molar-refractivity contribution in [1.82, 2.24) is 19.7 Å².